The molecule has 0 aromatic heterocycles. The number of carbonyl (C=O) groups excluding carboxylic acids is 2. The van der Waals surface area contributed by atoms with Crippen molar-refractivity contribution in [3.63, 3.8) is 0 Å². The third kappa shape index (κ3) is 72.3. The van der Waals surface area contributed by atoms with Crippen LogP contribution in [0.4, 0.5) is 0 Å². The number of nitrogens with zero attached hydrogens (tertiary/aromatic N) is 1. The minimum absolute atomic E-state index is 0.178. The van der Waals surface area contributed by atoms with E-state index in [1.807, 2.05) is 21.1 Å². The molecule has 0 aliphatic carbocycles. The maximum Gasteiger partial charge on any atom is 0.361 e. The highest BCUT2D eigenvalue weighted by Crippen LogP contribution is 2.19. The van der Waals surface area contributed by atoms with Gasteiger partial charge < -0.3 is 28.5 Å². The number of aliphatic carboxylic acids is 1. The van der Waals surface area contributed by atoms with Crippen LogP contribution >= 0.6 is 0 Å². The van der Waals surface area contributed by atoms with Crippen molar-refractivity contribution in [2.24, 2.45) is 0 Å². The zero-order valence-corrected chi connectivity index (χ0v) is 59.6. The number of carbonyl (C=O) groups is 3. The van der Waals surface area contributed by atoms with E-state index in [0.29, 0.717) is 17.4 Å². The number of allylic oxidation sites excluding steroid dienone is 10. The predicted octanol–water partition coefficient (Wildman–Crippen LogP) is 24.3. The Morgan fingerprint density at radius 3 is 0.955 bits per heavy atom. The Hall–Kier alpha value is -3.01. The van der Waals surface area contributed by atoms with Crippen molar-refractivity contribution in [1.29, 1.82) is 0 Å². The molecule has 0 saturated carbocycles. The molecule has 9 nitrogen and oxygen atoms in total. The van der Waals surface area contributed by atoms with Gasteiger partial charge in [-0.05, 0) is 57.8 Å². The third-order valence-electron chi connectivity index (χ3n) is 17.3. The normalized spacial score (nSPS) is 13.0. The van der Waals surface area contributed by atoms with Gasteiger partial charge in [0.05, 0.1) is 34.4 Å². The molecule has 0 spiro atoms. The summed E-state index contributed by atoms with van der Waals surface area (Å²) in [5.41, 5.74) is 0. The molecule has 0 bridgehead atoms. The number of carboxylic acids is 1. The average molecular weight is 1250 g/mol. The van der Waals surface area contributed by atoms with Gasteiger partial charge in [0.1, 0.15) is 13.2 Å². The summed E-state index contributed by atoms with van der Waals surface area (Å²) in [6.07, 6.45) is 90.8. The molecule has 0 aromatic carbocycles. The number of rotatable bonds is 72. The van der Waals surface area contributed by atoms with Gasteiger partial charge in [-0.15, -0.1) is 0 Å². The van der Waals surface area contributed by atoms with Crippen molar-refractivity contribution in [2.45, 2.75) is 386 Å². The number of ether oxygens (including phenoxy) is 4. The molecule has 0 saturated heterocycles. The molecular weight excluding hydrogens is 1100 g/mol. The fraction of sp³-hybridized carbons (Fsp3) is 0.838. The topological polar surface area (TPSA) is 108 Å². The molecule has 9 heteroatoms. The fourth-order valence-corrected chi connectivity index (χ4v) is 11.5. The van der Waals surface area contributed by atoms with E-state index >= 15 is 0 Å². The fourth-order valence-electron chi connectivity index (χ4n) is 11.5. The van der Waals surface area contributed by atoms with Crippen molar-refractivity contribution >= 4 is 17.9 Å². The summed E-state index contributed by atoms with van der Waals surface area (Å²) >= 11 is 0. The van der Waals surface area contributed by atoms with Gasteiger partial charge in [-0.3, -0.25) is 9.59 Å². The zero-order chi connectivity index (χ0) is 64.7. The SMILES string of the molecule is CC/C=C\C/C=C\C/C=C\C/C=C\C/C=C\CCCCCCCCCCCCCCCCCC(=O)OC(COC(=O)CCCCCCCCCCCCCCCCCCCCCCCCCCCCCCCCCCC)COC(OCC[N+](C)(C)C)C(=O)O. The lowest BCUT2D eigenvalue weighted by Gasteiger charge is -2.25. The molecule has 0 rings (SSSR count). The van der Waals surface area contributed by atoms with E-state index in [1.54, 1.807) is 0 Å². The van der Waals surface area contributed by atoms with E-state index in [9.17, 15) is 19.5 Å². The smallest absolute Gasteiger partial charge is 0.361 e. The van der Waals surface area contributed by atoms with Crippen LogP contribution in [0, 0.1) is 0 Å². The molecule has 0 aliphatic heterocycles. The lowest BCUT2D eigenvalue weighted by molar-refractivity contribution is -0.870. The van der Waals surface area contributed by atoms with Crippen LogP contribution < -0.4 is 0 Å². The average Bonchev–Trinajstić information content (AvgIpc) is 3.64. The Morgan fingerprint density at radius 1 is 0.348 bits per heavy atom. The van der Waals surface area contributed by atoms with Gasteiger partial charge in [0.15, 0.2) is 6.10 Å². The first kappa shape index (κ1) is 86.0. The van der Waals surface area contributed by atoms with E-state index in [1.165, 1.54) is 276 Å². The molecule has 0 fully saturated rings. The summed E-state index contributed by atoms with van der Waals surface area (Å²) in [7, 11) is 5.99. The van der Waals surface area contributed by atoms with Crippen LogP contribution in [0.3, 0.4) is 0 Å². The standard InChI is InChI=1S/C80H147NO8/c1-6-8-10-12-14-16-18-20-22-24-26-28-30-32-34-36-38-39-41-42-44-46-48-50-52-54-56-58-60-62-64-66-68-70-77(82)87-74-76(75-88-80(79(84)85)86-73-72-81(3,4)5)89-78(83)71-69-67-65-63-61-59-57-55-53-51-49-47-45-43-40-37-35-33-31-29-27-25-23-21-19-17-15-13-11-9-7-2/h9,11,15,17,21,23,27,29,33,35,76,80H,6-8,10,12-14,16,18-20,22,24-26,28,30-32,34,36-75H2,1-5H3/p+1/b11-9-,17-15-,23-21-,29-27-,35-33-. The number of carboxylic acid groups (broad SMARTS) is 1. The molecule has 0 radical (unpaired) electrons. The van der Waals surface area contributed by atoms with Gasteiger partial charge in [0, 0.05) is 12.8 Å². The van der Waals surface area contributed by atoms with Gasteiger partial charge in [-0.2, -0.15) is 0 Å². The Kier molecular flexibility index (Phi) is 68.5. The van der Waals surface area contributed by atoms with E-state index in [0.717, 1.165) is 70.6 Å². The molecule has 0 aromatic rings. The second kappa shape index (κ2) is 70.9. The summed E-state index contributed by atoms with van der Waals surface area (Å²) in [4.78, 5) is 37.7. The van der Waals surface area contributed by atoms with Crippen molar-refractivity contribution in [3.8, 4) is 0 Å². The largest absolute Gasteiger partial charge is 0.477 e. The Balaban J connectivity index is 4.01. The molecule has 520 valence electrons. The van der Waals surface area contributed by atoms with Crippen LogP contribution in [-0.4, -0.2) is 87.4 Å². The highest BCUT2D eigenvalue weighted by Gasteiger charge is 2.25. The molecule has 0 heterocycles. The quantitative estimate of drug-likeness (QED) is 0.0211. The highest BCUT2D eigenvalue weighted by molar-refractivity contribution is 5.71. The lowest BCUT2D eigenvalue weighted by atomic mass is 10.0. The zero-order valence-electron chi connectivity index (χ0n) is 59.6. The van der Waals surface area contributed by atoms with Gasteiger partial charge in [0.2, 0.25) is 0 Å². The molecule has 0 amide bonds. The summed E-state index contributed by atoms with van der Waals surface area (Å²) in [6, 6.07) is 0. The number of hydrogen-bond acceptors (Lipinski definition) is 7. The predicted molar refractivity (Wildman–Crippen MR) is 383 cm³/mol. The van der Waals surface area contributed by atoms with Crippen LogP contribution in [0.2, 0.25) is 0 Å². The maximum atomic E-state index is 13.0. The summed E-state index contributed by atoms with van der Waals surface area (Å²) in [5, 5.41) is 9.76. The Morgan fingerprint density at radius 2 is 0.640 bits per heavy atom. The molecule has 89 heavy (non-hydrogen) atoms. The van der Waals surface area contributed by atoms with E-state index in [4.69, 9.17) is 18.9 Å². The summed E-state index contributed by atoms with van der Waals surface area (Å²) < 4.78 is 23.0. The maximum absolute atomic E-state index is 13.0. The van der Waals surface area contributed by atoms with Gasteiger partial charge in [0.25, 0.3) is 6.29 Å². The van der Waals surface area contributed by atoms with Crippen molar-refractivity contribution in [2.75, 3.05) is 47.5 Å². The number of quaternary nitrogens is 1. The minimum atomic E-state index is -1.51. The number of likely N-dealkylation sites (N-methyl/N-ethyl adjacent to an activating group) is 1. The van der Waals surface area contributed by atoms with Gasteiger partial charge >= 0.3 is 17.9 Å². The van der Waals surface area contributed by atoms with Crippen molar-refractivity contribution < 1.29 is 42.9 Å². The van der Waals surface area contributed by atoms with E-state index < -0.39 is 18.4 Å². The number of esters is 2. The third-order valence-corrected chi connectivity index (χ3v) is 17.3. The van der Waals surface area contributed by atoms with E-state index in [-0.39, 0.29) is 38.2 Å². The van der Waals surface area contributed by atoms with Crippen LogP contribution in [0.25, 0.3) is 0 Å². The monoisotopic (exact) mass is 1250 g/mol. The summed E-state index contributed by atoms with van der Waals surface area (Å²) in [5.74, 6) is -1.98. The van der Waals surface area contributed by atoms with Crippen LogP contribution in [0.15, 0.2) is 60.8 Å². The first-order valence-corrected chi connectivity index (χ1v) is 38.5. The van der Waals surface area contributed by atoms with Crippen LogP contribution in [-0.2, 0) is 33.3 Å². The molecular formula is C80H148NO8+. The van der Waals surface area contributed by atoms with Crippen molar-refractivity contribution in [1.82, 2.24) is 0 Å². The first-order valence-electron chi connectivity index (χ1n) is 38.5. The van der Waals surface area contributed by atoms with Gasteiger partial charge in [-0.25, -0.2) is 4.79 Å². The van der Waals surface area contributed by atoms with Crippen LogP contribution in [0.5, 0.6) is 0 Å². The molecule has 0 aliphatic rings. The van der Waals surface area contributed by atoms with Crippen molar-refractivity contribution in [3.05, 3.63) is 60.8 Å². The van der Waals surface area contributed by atoms with Crippen LogP contribution in [0.1, 0.15) is 373 Å². The number of unbranched alkanes of at least 4 members (excludes halogenated alkanes) is 47. The number of hydrogen-bond donors (Lipinski definition) is 1. The Bertz CT molecular complexity index is 1650. The minimum Gasteiger partial charge on any atom is -0.477 e. The van der Waals surface area contributed by atoms with E-state index in [2.05, 4.69) is 74.6 Å². The first-order chi connectivity index (χ1) is 43.6. The molecule has 2 unspecified atom stereocenters. The Labute approximate surface area is 552 Å². The highest BCUT2D eigenvalue weighted by atomic mass is 16.7. The summed E-state index contributed by atoms with van der Waals surface area (Å²) in [6.45, 7) is 4.83. The van der Waals surface area contributed by atoms with Gasteiger partial charge in [-0.1, -0.05) is 364 Å². The second-order valence-corrected chi connectivity index (χ2v) is 27.3. The molecule has 2 atom stereocenters. The molecule has 1 N–H and O–H groups in total. The second-order valence-electron chi connectivity index (χ2n) is 27.3. The lowest BCUT2D eigenvalue weighted by Crippen LogP contribution is -2.40.